The first-order chi connectivity index (χ1) is 8.72. The van der Waals surface area contributed by atoms with Crippen molar-refractivity contribution in [3.05, 3.63) is 35.2 Å². The first-order valence-electron chi connectivity index (χ1n) is 6.88. The summed E-state index contributed by atoms with van der Waals surface area (Å²) < 4.78 is 1.38. The van der Waals surface area contributed by atoms with Crippen LogP contribution in [-0.2, 0) is 0 Å². The molecular formula is C16H23NS. The lowest BCUT2D eigenvalue weighted by Gasteiger charge is -2.15. The van der Waals surface area contributed by atoms with Gasteiger partial charge in [-0.15, -0.1) is 11.3 Å². The largest absolute Gasteiger partial charge is 0.330 e. The highest BCUT2D eigenvalue weighted by Crippen LogP contribution is 2.33. The molecule has 0 saturated carbocycles. The molecule has 98 valence electrons. The van der Waals surface area contributed by atoms with Crippen molar-refractivity contribution in [2.45, 2.75) is 39.0 Å². The Kier molecular flexibility index (Phi) is 4.79. The molecule has 0 saturated heterocycles. The Labute approximate surface area is 114 Å². The minimum Gasteiger partial charge on any atom is -0.330 e. The molecule has 0 aliphatic carbocycles. The van der Waals surface area contributed by atoms with Crippen LogP contribution in [-0.4, -0.2) is 6.54 Å². The van der Waals surface area contributed by atoms with Crippen molar-refractivity contribution in [1.29, 1.82) is 0 Å². The lowest BCUT2D eigenvalue weighted by atomic mass is 9.92. The normalized spacial score (nSPS) is 13.3. The van der Waals surface area contributed by atoms with E-state index >= 15 is 0 Å². The molecule has 1 aromatic heterocycles. The number of benzene rings is 1. The van der Waals surface area contributed by atoms with E-state index in [4.69, 9.17) is 5.73 Å². The maximum atomic E-state index is 5.98. The average Bonchev–Trinajstić information content (AvgIpc) is 2.78. The molecule has 0 amide bonds. The summed E-state index contributed by atoms with van der Waals surface area (Å²) in [5.74, 6) is 1.32. The molecule has 2 rings (SSSR count). The minimum absolute atomic E-state index is 0.528. The third kappa shape index (κ3) is 3.12. The highest BCUT2D eigenvalue weighted by atomic mass is 32.1. The number of hydrogen-bond acceptors (Lipinski definition) is 2. The van der Waals surface area contributed by atoms with E-state index in [1.165, 1.54) is 34.9 Å². The summed E-state index contributed by atoms with van der Waals surface area (Å²) in [4.78, 5) is 0. The summed E-state index contributed by atoms with van der Waals surface area (Å²) >= 11 is 1.84. The highest BCUT2D eigenvalue weighted by molar-refractivity contribution is 7.17. The van der Waals surface area contributed by atoms with Crippen LogP contribution in [0.15, 0.2) is 29.6 Å². The van der Waals surface area contributed by atoms with Gasteiger partial charge in [0.25, 0.3) is 0 Å². The lowest BCUT2D eigenvalue weighted by Crippen LogP contribution is -2.12. The van der Waals surface area contributed by atoms with E-state index in [9.17, 15) is 0 Å². The van der Waals surface area contributed by atoms with Gasteiger partial charge in [0.15, 0.2) is 0 Å². The summed E-state index contributed by atoms with van der Waals surface area (Å²) in [6.45, 7) is 5.34. The molecule has 2 aromatic rings. The van der Waals surface area contributed by atoms with Crippen LogP contribution in [0.4, 0.5) is 0 Å². The van der Waals surface area contributed by atoms with E-state index in [0.717, 1.165) is 12.5 Å². The van der Waals surface area contributed by atoms with Gasteiger partial charge in [0.1, 0.15) is 0 Å². The molecule has 1 heterocycles. The van der Waals surface area contributed by atoms with E-state index in [1.54, 1.807) is 0 Å². The van der Waals surface area contributed by atoms with Crippen LogP contribution in [0, 0.1) is 5.92 Å². The molecule has 1 unspecified atom stereocenters. The number of nitrogens with two attached hydrogens (primary N) is 1. The maximum absolute atomic E-state index is 5.98. The predicted octanol–water partition coefficient (Wildman–Crippen LogP) is 4.77. The Balaban J connectivity index is 2.12. The predicted molar refractivity (Wildman–Crippen MR) is 82.3 cm³/mol. The summed E-state index contributed by atoms with van der Waals surface area (Å²) in [6, 6.07) is 8.66. The SMILES string of the molecule is CC(C)CCCC(CN)c1csc2ccccc12. The van der Waals surface area contributed by atoms with Crippen molar-refractivity contribution in [3.63, 3.8) is 0 Å². The third-order valence-corrected chi connectivity index (χ3v) is 4.55. The molecular weight excluding hydrogens is 238 g/mol. The summed E-state index contributed by atoms with van der Waals surface area (Å²) in [5, 5.41) is 3.71. The minimum atomic E-state index is 0.528. The zero-order chi connectivity index (χ0) is 13.0. The van der Waals surface area contributed by atoms with Gasteiger partial charge in [-0.05, 0) is 47.2 Å². The smallest absolute Gasteiger partial charge is 0.0345 e. The van der Waals surface area contributed by atoms with Gasteiger partial charge in [-0.3, -0.25) is 0 Å². The molecule has 2 N–H and O–H groups in total. The topological polar surface area (TPSA) is 26.0 Å². The summed E-state index contributed by atoms with van der Waals surface area (Å²) in [5.41, 5.74) is 7.44. The Morgan fingerprint density at radius 1 is 1.17 bits per heavy atom. The third-order valence-electron chi connectivity index (χ3n) is 3.57. The second kappa shape index (κ2) is 6.35. The molecule has 1 nitrogen and oxygen atoms in total. The van der Waals surface area contributed by atoms with Crippen LogP contribution < -0.4 is 5.73 Å². The second-order valence-electron chi connectivity index (χ2n) is 5.44. The van der Waals surface area contributed by atoms with Crippen molar-refractivity contribution in [3.8, 4) is 0 Å². The maximum Gasteiger partial charge on any atom is 0.0345 e. The Morgan fingerprint density at radius 2 is 1.94 bits per heavy atom. The highest BCUT2D eigenvalue weighted by Gasteiger charge is 2.14. The molecule has 1 atom stereocenters. The lowest BCUT2D eigenvalue weighted by molar-refractivity contribution is 0.504. The van der Waals surface area contributed by atoms with E-state index in [1.807, 2.05) is 11.3 Å². The van der Waals surface area contributed by atoms with Crippen LogP contribution in [0.25, 0.3) is 10.1 Å². The first kappa shape index (κ1) is 13.6. The summed E-state index contributed by atoms with van der Waals surface area (Å²) in [6.07, 6.45) is 3.80. The van der Waals surface area contributed by atoms with Crippen LogP contribution in [0.5, 0.6) is 0 Å². The van der Waals surface area contributed by atoms with Crippen molar-refractivity contribution in [1.82, 2.24) is 0 Å². The number of fused-ring (bicyclic) bond motifs is 1. The van der Waals surface area contributed by atoms with Gasteiger partial charge in [-0.2, -0.15) is 0 Å². The Hall–Kier alpha value is -0.860. The molecule has 0 bridgehead atoms. The Bertz CT molecular complexity index is 487. The quantitative estimate of drug-likeness (QED) is 0.796. The van der Waals surface area contributed by atoms with Crippen molar-refractivity contribution < 1.29 is 0 Å². The molecule has 2 heteroatoms. The number of thiophene rings is 1. The molecule has 0 fully saturated rings. The fourth-order valence-electron chi connectivity index (χ4n) is 2.49. The van der Waals surface area contributed by atoms with Crippen molar-refractivity contribution in [2.75, 3.05) is 6.54 Å². The van der Waals surface area contributed by atoms with Gasteiger partial charge in [0, 0.05) is 4.70 Å². The number of rotatable bonds is 6. The first-order valence-corrected chi connectivity index (χ1v) is 7.76. The zero-order valence-corrected chi connectivity index (χ0v) is 12.2. The summed E-state index contributed by atoms with van der Waals surface area (Å²) in [7, 11) is 0. The number of hydrogen-bond donors (Lipinski definition) is 1. The van der Waals surface area contributed by atoms with Crippen LogP contribution >= 0.6 is 11.3 Å². The average molecular weight is 261 g/mol. The van der Waals surface area contributed by atoms with Gasteiger partial charge in [-0.1, -0.05) is 44.9 Å². The van der Waals surface area contributed by atoms with Crippen molar-refractivity contribution in [2.24, 2.45) is 11.7 Å². The van der Waals surface area contributed by atoms with Crippen LogP contribution in [0.3, 0.4) is 0 Å². The monoisotopic (exact) mass is 261 g/mol. The molecule has 0 aliphatic heterocycles. The van der Waals surface area contributed by atoms with Gasteiger partial charge in [0.2, 0.25) is 0 Å². The Morgan fingerprint density at radius 3 is 2.67 bits per heavy atom. The van der Waals surface area contributed by atoms with E-state index in [0.29, 0.717) is 5.92 Å². The van der Waals surface area contributed by atoms with E-state index in [-0.39, 0.29) is 0 Å². The van der Waals surface area contributed by atoms with Crippen molar-refractivity contribution >= 4 is 21.4 Å². The van der Waals surface area contributed by atoms with E-state index in [2.05, 4.69) is 43.5 Å². The van der Waals surface area contributed by atoms with Gasteiger partial charge in [0.05, 0.1) is 0 Å². The van der Waals surface area contributed by atoms with E-state index < -0.39 is 0 Å². The molecule has 0 aliphatic rings. The molecule has 18 heavy (non-hydrogen) atoms. The van der Waals surface area contributed by atoms with Gasteiger partial charge >= 0.3 is 0 Å². The van der Waals surface area contributed by atoms with Crippen LogP contribution in [0.1, 0.15) is 44.6 Å². The standard InChI is InChI=1S/C16H23NS/c1-12(2)6-5-7-13(10-17)15-11-18-16-9-4-3-8-14(15)16/h3-4,8-9,11-13H,5-7,10,17H2,1-2H3. The molecule has 0 spiro atoms. The fraction of sp³-hybridized carbons (Fsp3) is 0.500. The van der Waals surface area contributed by atoms with Gasteiger partial charge < -0.3 is 5.73 Å². The fourth-order valence-corrected chi connectivity index (χ4v) is 3.53. The molecule has 0 radical (unpaired) electrons. The van der Waals surface area contributed by atoms with Crippen LogP contribution in [0.2, 0.25) is 0 Å². The molecule has 1 aromatic carbocycles. The second-order valence-corrected chi connectivity index (χ2v) is 6.36. The van der Waals surface area contributed by atoms with Gasteiger partial charge in [-0.25, -0.2) is 0 Å². The zero-order valence-electron chi connectivity index (χ0n) is 11.4.